The molecular weight excluding hydrogens is 659 g/mol. The molecule has 0 aliphatic rings. The lowest BCUT2D eigenvalue weighted by atomic mass is 10.0. The lowest BCUT2D eigenvalue weighted by molar-refractivity contribution is -0.130. The number of hydrogen-bond acceptors (Lipinski definition) is 5. The Morgan fingerprint density at radius 3 is 1.29 bits per heavy atom. The van der Waals surface area contributed by atoms with Gasteiger partial charge in [0.15, 0.2) is 0 Å². The summed E-state index contributed by atoms with van der Waals surface area (Å²) in [4.78, 5) is 12.6. The van der Waals surface area contributed by atoms with E-state index in [1.165, 1.54) is 160 Å². The van der Waals surface area contributed by atoms with Crippen LogP contribution in [0.2, 0.25) is 0 Å². The number of hydrogen-bond donors (Lipinski definition) is 4. The number of amides is 1. The number of aliphatic hydroxyl groups is 2. The Morgan fingerprint density at radius 2 is 0.882 bits per heavy atom. The molecule has 0 aliphatic heterocycles. The zero-order chi connectivity index (χ0) is 37.7. The lowest BCUT2D eigenvalue weighted by Gasteiger charge is -2.22. The fraction of sp³-hybridized carbons (Fsp3) is 0.884. The van der Waals surface area contributed by atoms with E-state index in [2.05, 4.69) is 31.3 Å². The van der Waals surface area contributed by atoms with Crippen molar-refractivity contribution in [2.75, 3.05) is 5.75 Å². The molecule has 0 radical (unpaired) electrons. The molecule has 0 aliphatic carbocycles. The maximum Gasteiger partial charge on any atom is 0.267 e. The van der Waals surface area contributed by atoms with Crippen molar-refractivity contribution >= 4 is 16.0 Å². The van der Waals surface area contributed by atoms with Crippen molar-refractivity contribution in [3.05, 3.63) is 24.3 Å². The second-order valence-corrected chi connectivity index (χ2v) is 16.6. The van der Waals surface area contributed by atoms with Crippen LogP contribution in [0, 0.1) is 0 Å². The molecule has 0 aromatic carbocycles. The Bertz CT molecular complexity index is 921. The lowest BCUT2D eigenvalue weighted by Crippen LogP contribution is -2.50. The van der Waals surface area contributed by atoms with Crippen LogP contribution in [0.1, 0.15) is 219 Å². The summed E-state index contributed by atoms with van der Waals surface area (Å²) in [6, 6.07) is -1.24. The first-order chi connectivity index (χ1) is 24.7. The van der Waals surface area contributed by atoms with E-state index < -0.39 is 40.0 Å². The molecule has 0 aromatic heterocycles. The quantitative estimate of drug-likeness (QED) is 0.0282. The molecule has 0 rings (SSSR count). The number of aliphatic hydroxyl groups excluding tert-OH is 2. The number of carbonyl (C=O) groups is 1. The molecule has 0 saturated carbocycles. The molecule has 0 spiro atoms. The molecule has 0 heterocycles. The van der Waals surface area contributed by atoms with Gasteiger partial charge in [-0.05, 0) is 32.1 Å². The molecule has 0 aromatic rings. The smallest absolute Gasteiger partial charge is 0.267 e. The molecule has 51 heavy (non-hydrogen) atoms. The van der Waals surface area contributed by atoms with E-state index >= 15 is 0 Å². The molecule has 0 fully saturated rings. The molecule has 4 N–H and O–H groups in total. The molecule has 302 valence electrons. The van der Waals surface area contributed by atoms with Gasteiger partial charge in [-0.2, -0.15) is 8.42 Å². The Balaban J connectivity index is 4.00. The Kier molecular flexibility index (Phi) is 36.2. The normalized spacial score (nSPS) is 14.1. The second-order valence-electron chi connectivity index (χ2n) is 15.1. The van der Waals surface area contributed by atoms with Crippen LogP contribution in [0.4, 0.5) is 0 Å². The second kappa shape index (κ2) is 37.1. The third kappa shape index (κ3) is 36.9. The largest absolute Gasteiger partial charge is 0.387 e. The van der Waals surface area contributed by atoms with E-state index in [4.69, 9.17) is 0 Å². The Morgan fingerprint density at radius 1 is 0.529 bits per heavy atom. The first-order valence-corrected chi connectivity index (χ1v) is 23.3. The van der Waals surface area contributed by atoms with Crippen molar-refractivity contribution in [1.82, 2.24) is 5.32 Å². The van der Waals surface area contributed by atoms with Gasteiger partial charge in [0.05, 0.1) is 17.9 Å². The van der Waals surface area contributed by atoms with Crippen LogP contribution in [0.15, 0.2) is 24.3 Å². The van der Waals surface area contributed by atoms with Gasteiger partial charge in [-0.1, -0.05) is 212 Å². The fourth-order valence-corrected chi connectivity index (χ4v) is 7.38. The van der Waals surface area contributed by atoms with E-state index in [-0.39, 0.29) is 6.42 Å². The number of unbranched alkanes of at least 4 members (excludes halogenated alkanes) is 28. The highest BCUT2D eigenvalue weighted by molar-refractivity contribution is 7.85. The van der Waals surface area contributed by atoms with Crippen LogP contribution >= 0.6 is 0 Å². The Hall–Kier alpha value is -1.22. The Labute approximate surface area is 316 Å². The van der Waals surface area contributed by atoms with Crippen molar-refractivity contribution in [2.45, 2.75) is 238 Å². The molecular formula is C43H83NO6S. The van der Waals surface area contributed by atoms with Gasteiger partial charge in [0.25, 0.3) is 10.1 Å². The van der Waals surface area contributed by atoms with Crippen molar-refractivity contribution in [3.63, 3.8) is 0 Å². The van der Waals surface area contributed by atoms with Gasteiger partial charge in [0.2, 0.25) is 5.91 Å². The summed E-state index contributed by atoms with van der Waals surface area (Å²) in [5, 5.41) is 23.4. The van der Waals surface area contributed by atoms with E-state index in [1.807, 2.05) is 0 Å². The van der Waals surface area contributed by atoms with Gasteiger partial charge < -0.3 is 15.5 Å². The number of allylic oxidation sites excluding steroid dienone is 3. The van der Waals surface area contributed by atoms with Crippen molar-refractivity contribution in [2.24, 2.45) is 0 Å². The zero-order valence-corrected chi connectivity index (χ0v) is 34.2. The van der Waals surface area contributed by atoms with E-state index in [0.29, 0.717) is 12.8 Å². The third-order valence-electron chi connectivity index (χ3n) is 9.99. The minimum absolute atomic E-state index is 0.278. The SMILES string of the molecule is CCCCCCCCCCC/C=C/CC/C=C/C(O)C(CS(=O)(=O)O)NC(=O)C(O)CCCCCCCCCCCCCCCCCCCCC. The topological polar surface area (TPSA) is 124 Å². The van der Waals surface area contributed by atoms with Crippen LogP contribution in [-0.4, -0.2) is 53.1 Å². The summed E-state index contributed by atoms with van der Waals surface area (Å²) < 4.78 is 32.5. The molecule has 8 heteroatoms. The van der Waals surface area contributed by atoms with Gasteiger partial charge in [-0.25, -0.2) is 0 Å². The highest BCUT2D eigenvalue weighted by atomic mass is 32.2. The fourth-order valence-electron chi connectivity index (χ4n) is 6.65. The van der Waals surface area contributed by atoms with Gasteiger partial charge in [0.1, 0.15) is 6.10 Å². The van der Waals surface area contributed by atoms with Crippen LogP contribution in [-0.2, 0) is 14.9 Å². The summed E-state index contributed by atoms with van der Waals surface area (Å²) >= 11 is 0. The molecule has 1 amide bonds. The molecule has 3 unspecified atom stereocenters. The van der Waals surface area contributed by atoms with Gasteiger partial charge in [-0.15, -0.1) is 0 Å². The predicted octanol–water partition coefficient (Wildman–Crippen LogP) is 11.7. The summed E-state index contributed by atoms with van der Waals surface area (Å²) in [5.74, 6) is -1.55. The van der Waals surface area contributed by atoms with E-state index in [0.717, 1.165) is 32.1 Å². The van der Waals surface area contributed by atoms with Crippen molar-refractivity contribution in [3.8, 4) is 0 Å². The average molecular weight is 742 g/mol. The van der Waals surface area contributed by atoms with Crippen LogP contribution < -0.4 is 5.32 Å². The standard InChI is InChI=1S/C43H83NO6S/c1-3-5-7-9-11-13-15-17-19-20-21-22-24-26-28-30-32-34-36-38-42(46)43(47)44-40(39-51(48,49)50)41(45)37-35-33-31-29-27-25-23-18-16-14-12-10-8-6-4-2/h27,29,35,37,40-42,45-46H,3-26,28,30-34,36,38-39H2,1-2H3,(H,44,47)(H,48,49,50)/b29-27+,37-35+. The summed E-state index contributed by atoms with van der Waals surface area (Å²) in [7, 11) is -4.45. The first-order valence-electron chi connectivity index (χ1n) is 21.6. The van der Waals surface area contributed by atoms with Gasteiger partial charge in [0, 0.05) is 0 Å². The maximum absolute atomic E-state index is 12.6. The predicted molar refractivity (Wildman–Crippen MR) is 218 cm³/mol. The number of rotatable bonds is 39. The van der Waals surface area contributed by atoms with E-state index in [9.17, 15) is 28.0 Å². The monoisotopic (exact) mass is 742 g/mol. The number of carbonyl (C=O) groups excluding carboxylic acids is 1. The minimum Gasteiger partial charge on any atom is -0.387 e. The van der Waals surface area contributed by atoms with Crippen LogP contribution in [0.3, 0.4) is 0 Å². The third-order valence-corrected chi connectivity index (χ3v) is 10.8. The van der Waals surface area contributed by atoms with Crippen LogP contribution in [0.5, 0.6) is 0 Å². The average Bonchev–Trinajstić information content (AvgIpc) is 3.09. The van der Waals surface area contributed by atoms with Crippen LogP contribution in [0.25, 0.3) is 0 Å². The van der Waals surface area contributed by atoms with Gasteiger partial charge >= 0.3 is 0 Å². The number of nitrogens with one attached hydrogen (secondary N) is 1. The molecule has 3 atom stereocenters. The summed E-state index contributed by atoms with van der Waals surface area (Å²) in [5.41, 5.74) is 0. The molecule has 0 saturated heterocycles. The van der Waals surface area contributed by atoms with E-state index in [1.54, 1.807) is 6.08 Å². The van der Waals surface area contributed by atoms with Crippen molar-refractivity contribution < 1.29 is 28.0 Å². The maximum atomic E-state index is 12.6. The highest BCUT2D eigenvalue weighted by Crippen LogP contribution is 2.16. The summed E-state index contributed by atoms with van der Waals surface area (Å²) in [6.45, 7) is 4.51. The highest BCUT2D eigenvalue weighted by Gasteiger charge is 2.27. The van der Waals surface area contributed by atoms with Gasteiger partial charge in [-0.3, -0.25) is 9.35 Å². The molecule has 0 bridgehead atoms. The minimum atomic E-state index is -4.45. The van der Waals surface area contributed by atoms with Crippen molar-refractivity contribution in [1.29, 1.82) is 0 Å². The molecule has 7 nitrogen and oxygen atoms in total. The summed E-state index contributed by atoms with van der Waals surface area (Å²) in [6.07, 6.45) is 43.8. The zero-order valence-electron chi connectivity index (χ0n) is 33.4. The first kappa shape index (κ1) is 49.8.